The maximum atomic E-state index is 13.3. The molecular formula is C15H22BrFN2O. The summed E-state index contributed by atoms with van der Waals surface area (Å²) in [5.74, 6) is -0.234. The van der Waals surface area contributed by atoms with Gasteiger partial charge >= 0.3 is 0 Å². The van der Waals surface area contributed by atoms with Gasteiger partial charge in [-0.3, -0.25) is 4.90 Å². The highest BCUT2D eigenvalue weighted by Crippen LogP contribution is 2.21. The Morgan fingerprint density at radius 2 is 2.10 bits per heavy atom. The first kappa shape index (κ1) is 15.9. The lowest BCUT2D eigenvalue weighted by Crippen LogP contribution is -2.44. The highest BCUT2D eigenvalue weighted by Gasteiger charge is 2.23. The van der Waals surface area contributed by atoms with Gasteiger partial charge in [-0.05, 0) is 66.6 Å². The fourth-order valence-corrected chi connectivity index (χ4v) is 3.18. The summed E-state index contributed by atoms with van der Waals surface area (Å²) in [6.07, 6.45) is 2.25. The topological polar surface area (TPSA) is 26.7 Å². The van der Waals surface area contributed by atoms with Crippen LogP contribution in [0.5, 0.6) is 0 Å². The summed E-state index contributed by atoms with van der Waals surface area (Å²) >= 11 is 3.23. The second kappa shape index (κ2) is 7.50. The van der Waals surface area contributed by atoms with Gasteiger partial charge in [0.25, 0.3) is 0 Å². The molecule has 0 aliphatic carbocycles. The number of aliphatic hydroxyl groups is 1. The van der Waals surface area contributed by atoms with E-state index in [1.54, 1.807) is 0 Å². The molecule has 20 heavy (non-hydrogen) atoms. The lowest BCUT2D eigenvalue weighted by atomic mass is 10.0. The van der Waals surface area contributed by atoms with Gasteiger partial charge in [-0.25, -0.2) is 4.39 Å². The van der Waals surface area contributed by atoms with Crippen molar-refractivity contribution in [1.29, 1.82) is 0 Å². The van der Waals surface area contributed by atoms with Gasteiger partial charge in [0.05, 0.1) is 11.1 Å². The minimum atomic E-state index is -0.234. The summed E-state index contributed by atoms with van der Waals surface area (Å²) in [4.78, 5) is 4.65. The van der Waals surface area contributed by atoms with E-state index in [2.05, 4.69) is 32.8 Å². The predicted molar refractivity (Wildman–Crippen MR) is 82.1 cm³/mol. The molecule has 3 nitrogen and oxygen atoms in total. The molecule has 0 radical (unpaired) electrons. The predicted octanol–water partition coefficient (Wildman–Crippen LogP) is 2.48. The summed E-state index contributed by atoms with van der Waals surface area (Å²) in [6, 6.07) is 5.64. The first-order valence-electron chi connectivity index (χ1n) is 7.07. The Hall–Kier alpha value is -0.490. The standard InChI is InChI=1S/C15H22BrFN2O/c1-18-6-4-13(5-7-18)19(8-9-20)11-12-2-3-15(17)14(16)10-12/h2-3,10,13,20H,4-9,11H2,1H3. The summed E-state index contributed by atoms with van der Waals surface area (Å²) in [5, 5.41) is 9.27. The monoisotopic (exact) mass is 344 g/mol. The minimum absolute atomic E-state index is 0.161. The number of benzene rings is 1. The summed E-state index contributed by atoms with van der Waals surface area (Å²) in [6.45, 7) is 3.78. The van der Waals surface area contributed by atoms with E-state index in [0.717, 1.165) is 38.0 Å². The fraction of sp³-hybridized carbons (Fsp3) is 0.600. The van der Waals surface area contributed by atoms with Crippen LogP contribution >= 0.6 is 15.9 Å². The van der Waals surface area contributed by atoms with E-state index in [9.17, 15) is 9.50 Å². The molecule has 0 amide bonds. The quantitative estimate of drug-likeness (QED) is 0.888. The van der Waals surface area contributed by atoms with Crippen molar-refractivity contribution in [2.75, 3.05) is 33.3 Å². The van der Waals surface area contributed by atoms with Crippen LogP contribution in [0, 0.1) is 5.82 Å². The number of hydrogen-bond acceptors (Lipinski definition) is 3. The normalized spacial score (nSPS) is 17.9. The van der Waals surface area contributed by atoms with Crippen LogP contribution in [0.4, 0.5) is 4.39 Å². The number of likely N-dealkylation sites (tertiary alicyclic amines) is 1. The third kappa shape index (κ3) is 4.25. The maximum absolute atomic E-state index is 13.3. The number of nitrogens with zero attached hydrogens (tertiary/aromatic N) is 2. The number of rotatable bonds is 5. The summed E-state index contributed by atoms with van der Waals surface area (Å²) < 4.78 is 13.8. The minimum Gasteiger partial charge on any atom is -0.395 e. The lowest BCUT2D eigenvalue weighted by molar-refractivity contribution is 0.0941. The Morgan fingerprint density at radius 1 is 1.40 bits per heavy atom. The Kier molecular flexibility index (Phi) is 5.96. The van der Waals surface area contributed by atoms with Crippen molar-refractivity contribution in [3.8, 4) is 0 Å². The molecule has 0 spiro atoms. The van der Waals surface area contributed by atoms with E-state index < -0.39 is 0 Å². The van der Waals surface area contributed by atoms with Gasteiger partial charge in [0.15, 0.2) is 0 Å². The molecule has 1 aromatic rings. The Bertz CT molecular complexity index is 436. The molecule has 0 atom stereocenters. The van der Waals surface area contributed by atoms with Crippen molar-refractivity contribution in [3.05, 3.63) is 34.1 Å². The average molecular weight is 345 g/mol. The van der Waals surface area contributed by atoms with Crippen LogP contribution in [0.1, 0.15) is 18.4 Å². The Morgan fingerprint density at radius 3 is 2.70 bits per heavy atom. The van der Waals surface area contributed by atoms with Crippen LogP contribution in [-0.2, 0) is 6.54 Å². The van der Waals surface area contributed by atoms with E-state index in [4.69, 9.17) is 0 Å². The average Bonchev–Trinajstić information content (AvgIpc) is 2.43. The van der Waals surface area contributed by atoms with Gasteiger partial charge in [0.1, 0.15) is 5.82 Å². The number of halogens is 2. The van der Waals surface area contributed by atoms with E-state index >= 15 is 0 Å². The number of piperidine rings is 1. The molecule has 5 heteroatoms. The number of aliphatic hydroxyl groups excluding tert-OH is 1. The van der Waals surface area contributed by atoms with E-state index in [1.165, 1.54) is 6.07 Å². The van der Waals surface area contributed by atoms with Gasteiger partial charge in [-0.15, -0.1) is 0 Å². The Labute approximate surface area is 128 Å². The second-order valence-electron chi connectivity index (χ2n) is 5.48. The largest absolute Gasteiger partial charge is 0.395 e. The molecule has 0 aromatic heterocycles. The first-order valence-corrected chi connectivity index (χ1v) is 7.87. The van der Waals surface area contributed by atoms with Crippen LogP contribution < -0.4 is 0 Å². The first-order chi connectivity index (χ1) is 9.60. The zero-order chi connectivity index (χ0) is 14.5. The van der Waals surface area contributed by atoms with Gasteiger partial charge in [-0.1, -0.05) is 6.07 Å². The van der Waals surface area contributed by atoms with Gasteiger partial charge in [0.2, 0.25) is 0 Å². The van der Waals surface area contributed by atoms with Crippen LogP contribution in [-0.4, -0.2) is 54.2 Å². The van der Waals surface area contributed by atoms with Crippen molar-refractivity contribution in [2.24, 2.45) is 0 Å². The molecule has 1 aromatic carbocycles. The molecule has 1 fully saturated rings. The molecule has 1 aliphatic rings. The highest BCUT2D eigenvalue weighted by atomic mass is 79.9. The van der Waals surface area contributed by atoms with Gasteiger partial charge < -0.3 is 10.0 Å². The molecule has 0 saturated carbocycles. The summed E-state index contributed by atoms with van der Waals surface area (Å²) in [5.41, 5.74) is 1.07. The maximum Gasteiger partial charge on any atom is 0.137 e. The van der Waals surface area contributed by atoms with Crippen LogP contribution in [0.15, 0.2) is 22.7 Å². The van der Waals surface area contributed by atoms with Gasteiger partial charge in [-0.2, -0.15) is 0 Å². The third-order valence-corrected chi connectivity index (χ3v) is 4.57. The molecule has 1 N–H and O–H groups in total. The van der Waals surface area contributed by atoms with E-state index in [0.29, 0.717) is 17.1 Å². The smallest absolute Gasteiger partial charge is 0.137 e. The van der Waals surface area contributed by atoms with Crippen LogP contribution in [0.2, 0.25) is 0 Å². The molecule has 0 unspecified atom stereocenters. The van der Waals surface area contributed by atoms with E-state index in [-0.39, 0.29) is 12.4 Å². The SMILES string of the molecule is CN1CCC(N(CCO)Cc2ccc(F)c(Br)c2)CC1. The molecule has 112 valence electrons. The summed E-state index contributed by atoms with van der Waals surface area (Å²) in [7, 11) is 2.14. The van der Waals surface area contributed by atoms with Crippen molar-refractivity contribution < 1.29 is 9.50 Å². The van der Waals surface area contributed by atoms with Crippen molar-refractivity contribution in [3.63, 3.8) is 0 Å². The molecule has 1 saturated heterocycles. The Balaban J connectivity index is 2.02. The number of hydrogen-bond donors (Lipinski definition) is 1. The lowest BCUT2D eigenvalue weighted by Gasteiger charge is -2.37. The second-order valence-corrected chi connectivity index (χ2v) is 6.33. The zero-order valence-corrected chi connectivity index (χ0v) is 13.4. The van der Waals surface area contributed by atoms with Gasteiger partial charge in [0, 0.05) is 19.1 Å². The zero-order valence-electron chi connectivity index (χ0n) is 11.9. The molecule has 2 rings (SSSR count). The highest BCUT2D eigenvalue weighted by molar-refractivity contribution is 9.10. The van der Waals surface area contributed by atoms with Crippen LogP contribution in [0.3, 0.4) is 0 Å². The van der Waals surface area contributed by atoms with Crippen molar-refractivity contribution in [1.82, 2.24) is 9.80 Å². The van der Waals surface area contributed by atoms with E-state index in [1.807, 2.05) is 12.1 Å². The third-order valence-electron chi connectivity index (χ3n) is 3.96. The molecule has 0 bridgehead atoms. The van der Waals surface area contributed by atoms with Crippen molar-refractivity contribution in [2.45, 2.75) is 25.4 Å². The van der Waals surface area contributed by atoms with Crippen LogP contribution in [0.25, 0.3) is 0 Å². The molecule has 1 heterocycles. The van der Waals surface area contributed by atoms with Crippen molar-refractivity contribution >= 4 is 15.9 Å². The molecule has 1 aliphatic heterocycles. The fourth-order valence-electron chi connectivity index (χ4n) is 2.75. The molecular weight excluding hydrogens is 323 g/mol.